The molecular formula is C22H25ClN4O4S. The number of nitrogens with zero attached hydrogens (tertiary/aromatic N) is 4. The minimum absolute atomic E-state index is 0.139. The number of fused-ring (bicyclic) bond motifs is 1. The van der Waals surface area contributed by atoms with E-state index in [0.717, 1.165) is 0 Å². The zero-order chi connectivity index (χ0) is 23.0. The molecule has 1 aliphatic heterocycles. The first-order chi connectivity index (χ1) is 15.2. The first kappa shape index (κ1) is 22.7. The van der Waals surface area contributed by atoms with Crippen LogP contribution in [0.5, 0.6) is 5.75 Å². The van der Waals surface area contributed by atoms with Crippen LogP contribution >= 0.6 is 11.6 Å². The number of aromatic nitrogens is 2. The summed E-state index contributed by atoms with van der Waals surface area (Å²) in [5, 5.41) is 0.996. The van der Waals surface area contributed by atoms with E-state index in [2.05, 4.69) is 4.90 Å². The molecule has 32 heavy (non-hydrogen) atoms. The van der Waals surface area contributed by atoms with Gasteiger partial charge in [0.05, 0.1) is 29.0 Å². The Balaban J connectivity index is 1.54. The molecule has 0 aliphatic carbocycles. The van der Waals surface area contributed by atoms with Crippen molar-refractivity contribution in [2.75, 3.05) is 33.3 Å². The van der Waals surface area contributed by atoms with E-state index in [1.807, 2.05) is 6.92 Å². The number of piperazine rings is 1. The molecule has 1 saturated heterocycles. The van der Waals surface area contributed by atoms with Gasteiger partial charge in [-0.2, -0.15) is 4.31 Å². The first-order valence-corrected chi connectivity index (χ1v) is 12.1. The third-order valence-corrected chi connectivity index (χ3v) is 8.13. The standard InChI is InChI=1S/C22H25ClN4O4S/c1-15(21-24-20-9-6-17(31-3)14-19(20)22(28)25(21)2)26-10-12-27(13-11-26)32(29,30)18-7-4-16(23)5-8-18/h4-9,14-15H,10-13H2,1-3H3. The fourth-order valence-corrected chi connectivity index (χ4v) is 5.57. The number of hydrogen-bond acceptors (Lipinski definition) is 6. The minimum Gasteiger partial charge on any atom is -0.497 e. The van der Waals surface area contributed by atoms with Crippen molar-refractivity contribution in [1.29, 1.82) is 0 Å². The highest BCUT2D eigenvalue weighted by Gasteiger charge is 2.31. The number of ether oxygens (including phenoxy) is 1. The molecule has 0 N–H and O–H groups in total. The third kappa shape index (κ3) is 4.13. The van der Waals surface area contributed by atoms with Gasteiger partial charge in [0.15, 0.2) is 0 Å². The maximum Gasteiger partial charge on any atom is 0.261 e. The SMILES string of the molecule is COc1ccc2nc(C(C)N3CCN(S(=O)(=O)c4ccc(Cl)cc4)CC3)n(C)c(=O)c2c1. The van der Waals surface area contributed by atoms with E-state index in [1.165, 1.54) is 16.4 Å². The van der Waals surface area contributed by atoms with Crippen molar-refractivity contribution in [3.63, 3.8) is 0 Å². The molecule has 1 atom stereocenters. The second-order valence-corrected chi connectivity index (χ2v) is 10.2. The van der Waals surface area contributed by atoms with Crippen LogP contribution in [0.3, 0.4) is 0 Å². The smallest absolute Gasteiger partial charge is 0.261 e. The molecule has 0 radical (unpaired) electrons. The van der Waals surface area contributed by atoms with Crippen LogP contribution in [0.25, 0.3) is 10.9 Å². The van der Waals surface area contributed by atoms with E-state index in [4.69, 9.17) is 21.3 Å². The lowest BCUT2D eigenvalue weighted by molar-refractivity contribution is 0.139. The number of rotatable bonds is 5. The minimum atomic E-state index is -3.58. The largest absolute Gasteiger partial charge is 0.497 e. The predicted octanol–water partition coefficient (Wildman–Crippen LogP) is 2.66. The van der Waals surface area contributed by atoms with Crippen LogP contribution in [-0.2, 0) is 17.1 Å². The van der Waals surface area contributed by atoms with Crippen LogP contribution < -0.4 is 10.3 Å². The van der Waals surface area contributed by atoms with Crippen LogP contribution in [-0.4, -0.2) is 60.5 Å². The van der Waals surface area contributed by atoms with E-state index in [0.29, 0.717) is 53.7 Å². The van der Waals surface area contributed by atoms with Gasteiger partial charge in [0, 0.05) is 38.2 Å². The number of hydrogen-bond donors (Lipinski definition) is 0. The molecule has 1 unspecified atom stereocenters. The number of methoxy groups -OCH3 is 1. The van der Waals surface area contributed by atoms with E-state index in [9.17, 15) is 13.2 Å². The summed E-state index contributed by atoms with van der Waals surface area (Å²) in [5.41, 5.74) is 0.472. The number of halogens is 1. The highest BCUT2D eigenvalue weighted by molar-refractivity contribution is 7.89. The van der Waals surface area contributed by atoms with Gasteiger partial charge < -0.3 is 4.74 Å². The van der Waals surface area contributed by atoms with Gasteiger partial charge in [0.25, 0.3) is 5.56 Å². The van der Waals surface area contributed by atoms with Gasteiger partial charge in [-0.1, -0.05) is 11.6 Å². The fraction of sp³-hybridized carbons (Fsp3) is 0.364. The van der Waals surface area contributed by atoms with Crippen molar-refractivity contribution in [3.8, 4) is 5.75 Å². The second-order valence-electron chi connectivity index (χ2n) is 7.79. The van der Waals surface area contributed by atoms with E-state index >= 15 is 0 Å². The Morgan fingerprint density at radius 1 is 1.06 bits per heavy atom. The molecule has 10 heteroatoms. The molecule has 170 valence electrons. The molecule has 2 aromatic carbocycles. The molecule has 4 rings (SSSR count). The van der Waals surface area contributed by atoms with Gasteiger partial charge in [-0.25, -0.2) is 13.4 Å². The summed E-state index contributed by atoms with van der Waals surface area (Å²) in [5.74, 6) is 1.25. The fourth-order valence-electron chi connectivity index (χ4n) is 4.02. The lowest BCUT2D eigenvalue weighted by Crippen LogP contribution is -2.49. The van der Waals surface area contributed by atoms with Gasteiger partial charge in [-0.15, -0.1) is 0 Å². The van der Waals surface area contributed by atoms with Crippen molar-refractivity contribution in [2.45, 2.75) is 17.9 Å². The van der Waals surface area contributed by atoms with Gasteiger partial charge in [0.1, 0.15) is 11.6 Å². The summed E-state index contributed by atoms with van der Waals surface area (Å²) in [6, 6.07) is 11.3. The quantitative estimate of drug-likeness (QED) is 0.563. The molecule has 1 aromatic heterocycles. The second kappa shape index (κ2) is 8.82. The third-order valence-electron chi connectivity index (χ3n) is 5.96. The lowest BCUT2D eigenvalue weighted by atomic mass is 10.2. The van der Waals surface area contributed by atoms with Gasteiger partial charge >= 0.3 is 0 Å². The number of sulfonamides is 1. The van der Waals surface area contributed by atoms with Crippen molar-refractivity contribution in [2.24, 2.45) is 7.05 Å². The Bertz CT molecular complexity index is 1300. The van der Waals surface area contributed by atoms with Crippen molar-refractivity contribution in [3.05, 3.63) is 63.7 Å². The normalized spacial score (nSPS) is 16.9. The topological polar surface area (TPSA) is 84.7 Å². The van der Waals surface area contributed by atoms with Crippen LogP contribution in [0.4, 0.5) is 0 Å². The summed E-state index contributed by atoms with van der Waals surface area (Å²) >= 11 is 5.88. The molecule has 0 bridgehead atoms. The summed E-state index contributed by atoms with van der Waals surface area (Å²) in [4.78, 5) is 20.0. The Morgan fingerprint density at radius 2 is 1.72 bits per heavy atom. The van der Waals surface area contributed by atoms with Gasteiger partial charge in [0.2, 0.25) is 10.0 Å². The van der Waals surface area contributed by atoms with E-state index < -0.39 is 10.0 Å². The maximum absolute atomic E-state index is 12.9. The van der Waals surface area contributed by atoms with Gasteiger partial charge in [-0.05, 0) is 49.4 Å². The monoisotopic (exact) mass is 476 g/mol. The summed E-state index contributed by atoms with van der Waals surface area (Å²) in [7, 11) is -0.310. The van der Waals surface area contributed by atoms with Gasteiger partial charge in [-0.3, -0.25) is 14.3 Å². The summed E-state index contributed by atoms with van der Waals surface area (Å²) in [6.07, 6.45) is 0. The van der Waals surface area contributed by atoms with Crippen LogP contribution in [0.2, 0.25) is 5.02 Å². The zero-order valence-corrected chi connectivity index (χ0v) is 19.7. The van der Waals surface area contributed by atoms with Crippen LogP contribution in [0.15, 0.2) is 52.2 Å². The molecule has 1 fully saturated rings. The molecule has 0 spiro atoms. The Kier molecular flexibility index (Phi) is 6.26. The summed E-state index contributed by atoms with van der Waals surface area (Å²) in [6.45, 7) is 3.76. The Labute approximate surface area is 192 Å². The maximum atomic E-state index is 12.9. The Hall–Kier alpha value is -2.46. The highest BCUT2D eigenvalue weighted by atomic mass is 35.5. The molecule has 2 heterocycles. The number of benzene rings is 2. The molecular weight excluding hydrogens is 452 g/mol. The average Bonchev–Trinajstić information content (AvgIpc) is 2.81. The molecule has 3 aromatic rings. The first-order valence-electron chi connectivity index (χ1n) is 10.3. The van der Waals surface area contributed by atoms with Crippen molar-refractivity contribution < 1.29 is 13.2 Å². The predicted molar refractivity (Wildman–Crippen MR) is 124 cm³/mol. The zero-order valence-electron chi connectivity index (χ0n) is 18.2. The lowest BCUT2D eigenvalue weighted by Gasteiger charge is -2.37. The van der Waals surface area contributed by atoms with Crippen molar-refractivity contribution in [1.82, 2.24) is 18.8 Å². The van der Waals surface area contributed by atoms with Crippen molar-refractivity contribution >= 4 is 32.5 Å². The molecule has 1 aliphatic rings. The van der Waals surface area contributed by atoms with Crippen LogP contribution in [0, 0.1) is 0 Å². The molecule has 8 nitrogen and oxygen atoms in total. The molecule has 0 saturated carbocycles. The van der Waals surface area contributed by atoms with E-state index in [-0.39, 0.29) is 16.5 Å². The summed E-state index contributed by atoms with van der Waals surface area (Å²) < 4.78 is 34.1. The molecule has 0 amide bonds. The highest BCUT2D eigenvalue weighted by Crippen LogP contribution is 2.25. The average molecular weight is 477 g/mol. The Morgan fingerprint density at radius 3 is 2.34 bits per heavy atom. The van der Waals surface area contributed by atoms with E-state index in [1.54, 1.807) is 49.1 Å². The van der Waals surface area contributed by atoms with Crippen LogP contribution in [0.1, 0.15) is 18.8 Å².